The van der Waals surface area contributed by atoms with Gasteiger partial charge < -0.3 is 9.47 Å². The SMILES string of the molecule is Cc1cc(C(F)(F)F)c(CCn2c3c(c4cc(C(C)C)ccc42)CN(C)CC3)cn1. The molecule has 0 unspecified atom stereocenters. The Morgan fingerprint density at radius 2 is 1.93 bits per heavy atom. The van der Waals surface area contributed by atoms with Crippen LogP contribution in [0, 0.1) is 6.92 Å². The van der Waals surface area contributed by atoms with Gasteiger partial charge in [0.1, 0.15) is 0 Å². The van der Waals surface area contributed by atoms with Crippen LogP contribution in [0.3, 0.4) is 0 Å². The molecule has 0 atom stereocenters. The molecule has 0 radical (unpaired) electrons. The Bertz CT molecular complexity index is 1080. The van der Waals surface area contributed by atoms with Crippen molar-refractivity contribution >= 4 is 10.9 Å². The first-order chi connectivity index (χ1) is 14.1. The summed E-state index contributed by atoms with van der Waals surface area (Å²) < 4.78 is 42.9. The van der Waals surface area contributed by atoms with Crippen LogP contribution >= 0.6 is 0 Å². The van der Waals surface area contributed by atoms with Gasteiger partial charge in [-0.1, -0.05) is 19.9 Å². The van der Waals surface area contributed by atoms with Crippen molar-refractivity contribution in [3.8, 4) is 0 Å². The molecule has 0 amide bonds. The van der Waals surface area contributed by atoms with Crippen molar-refractivity contribution in [1.29, 1.82) is 0 Å². The Kier molecular flexibility index (Phi) is 5.39. The first-order valence-electron chi connectivity index (χ1n) is 10.5. The number of alkyl halides is 3. The normalized spacial score (nSPS) is 15.2. The highest BCUT2D eigenvalue weighted by Crippen LogP contribution is 2.35. The molecular formula is C24H28F3N3. The van der Waals surface area contributed by atoms with Crippen LogP contribution in [0.1, 0.15) is 53.4 Å². The van der Waals surface area contributed by atoms with E-state index in [0.29, 0.717) is 24.6 Å². The second-order valence-corrected chi connectivity index (χ2v) is 8.73. The molecule has 0 fully saturated rings. The van der Waals surface area contributed by atoms with Gasteiger partial charge >= 0.3 is 6.18 Å². The quantitative estimate of drug-likeness (QED) is 0.544. The van der Waals surface area contributed by atoms with Gasteiger partial charge in [0.25, 0.3) is 0 Å². The number of pyridine rings is 1. The van der Waals surface area contributed by atoms with Crippen LogP contribution in [0.15, 0.2) is 30.5 Å². The summed E-state index contributed by atoms with van der Waals surface area (Å²) in [5.41, 5.74) is 5.07. The average Bonchev–Trinajstić information content (AvgIpc) is 2.98. The maximum atomic E-state index is 13.5. The monoisotopic (exact) mass is 415 g/mol. The van der Waals surface area contributed by atoms with E-state index < -0.39 is 11.7 Å². The maximum absolute atomic E-state index is 13.5. The van der Waals surface area contributed by atoms with Gasteiger partial charge in [0.15, 0.2) is 0 Å². The van der Waals surface area contributed by atoms with Gasteiger partial charge in [-0.05, 0) is 61.2 Å². The first kappa shape index (κ1) is 20.9. The van der Waals surface area contributed by atoms with Gasteiger partial charge in [-0.3, -0.25) is 4.98 Å². The lowest BCUT2D eigenvalue weighted by molar-refractivity contribution is -0.138. The number of likely N-dealkylation sites (N-methyl/N-ethyl adjacent to an activating group) is 1. The summed E-state index contributed by atoms with van der Waals surface area (Å²) in [6, 6.07) is 7.71. The summed E-state index contributed by atoms with van der Waals surface area (Å²) in [6.45, 7) is 8.31. The molecule has 2 aromatic heterocycles. The van der Waals surface area contributed by atoms with Crippen LogP contribution in [-0.2, 0) is 32.1 Å². The minimum Gasteiger partial charge on any atom is -0.344 e. The number of hydrogen-bond donors (Lipinski definition) is 0. The summed E-state index contributed by atoms with van der Waals surface area (Å²) in [7, 11) is 2.12. The summed E-state index contributed by atoms with van der Waals surface area (Å²) in [5, 5.41) is 1.24. The van der Waals surface area contributed by atoms with Crippen molar-refractivity contribution in [2.45, 2.75) is 58.8 Å². The van der Waals surface area contributed by atoms with E-state index in [4.69, 9.17) is 0 Å². The summed E-state index contributed by atoms with van der Waals surface area (Å²) in [4.78, 5) is 6.43. The van der Waals surface area contributed by atoms with Crippen LogP contribution in [0.2, 0.25) is 0 Å². The Balaban J connectivity index is 1.76. The van der Waals surface area contributed by atoms with Crippen molar-refractivity contribution in [2.75, 3.05) is 13.6 Å². The van der Waals surface area contributed by atoms with E-state index in [9.17, 15) is 13.2 Å². The summed E-state index contributed by atoms with van der Waals surface area (Å²) in [6.07, 6.45) is -1.76. The van der Waals surface area contributed by atoms with Gasteiger partial charge in [-0.15, -0.1) is 0 Å². The molecule has 3 nitrogen and oxygen atoms in total. The van der Waals surface area contributed by atoms with Gasteiger partial charge in [0.2, 0.25) is 0 Å². The molecule has 30 heavy (non-hydrogen) atoms. The number of hydrogen-bond acceptors (Lipinski definition) is 2. The molecule has 160 valence electrons. The minimum atomic E-state index is -4.36. The van der Waals surface area contributed by atoms with Gasteiger partial charge in [-0.2, -0.15) is 13.2 Å². The number of benzene rings is 1. The molecule has 0 bridgehead atoms. The topological polar surface area (TPSA) is 21.1 Å². The Hall–Kier alpha value is -2.34. The standard InChI is InChI=1S/C24H28F3N3/c1-15(2)17-5-6-22-19(12-17)20-14-29(4)9-8-23(20)30(22)10-7-18-13-28-16(3)11-21(18)24(25,26)27/h5-6,11-13,15H,7-10,14H2,1-4H3. The van der Waals surface area contributed by atoms with Gasteiger partial charge in [0, 0.05) is 54.5 Å². The van der Waals surface area contributed by atoms with Crippen molar-refractivity contribution in [1.82, 2.24) is 14.5 Å². The molecule has 3 aromatic rings. The van der Waals surface area contributed by atoms with Crippen LogP contribution in [-0.4, -0.2) is 28.0 Å². The third-order valence-electron chi connectivity index (χ3n) is 6.17. The first-order valence-corrected chi connectivity index (χ1v) is 10.5. The van der Waals surface area contributed by atoms with E-state index in [1.54, 1.807) is 6.92 Å². The van der Waals surface area contributed by atoms with Crippen molar-refractivity contribution in [2.24, 2.45) is 0 Å². The van der Waals surface area contributed by atoms with Crippen LogP contribution in [0.4, 0.5) is 13.2 Å². The Morgan fingerprint density at radius 1 is 1.17 bits per heavy atom. The molecule has 1 aliphatic rings. The highest BCUT2D eigenvalue weighted by molar-refractivity contribution is 5.86. The highest BCUT2D eigenvalue weighted by Gasteiger charge is 2.33. The molecule has 1 aliphatic heterocycles. The number of nitrogens with zero attached hydrogens (tertiary/aromatic N) is 3. The third kappa shape index (κ3) is 3.85. The molecule has 0 saturated carbocycles. The molecule has 0 saturated heterocycles. The number of rotatable bonds is 4. The minimum absolute atomic E-state index is 0.260. The molecule has 4 rings (SSSR count). The zero-order valence-electron chi connectivity index (χ0n) is 18.0. The second kappa shape index (κ2) is 7.73. The lowest BCUT2D eigenvalue weighted by Gasteiger charge is -2.24. The predicted molar refractivity (Wildman–Crippen MR) is 114 cm³/mol. The Morgan fingerprint density at radius 3 is 2.63 bits per heavy atom. The number of halogens is 3. The van der Waals surface area contributed by atoms with Crippen LogP contribution < -0.4 is 0 Å². The largest absolute Gasteiger partial charge is 0.416 e. The van der Waals surface area contributed by atoms with E-state index in [-0.39, 0.29) is 5.56 Å². The van der Waals surface area contributed by atoms with E-state index >= 15 is 0 Å². The molecule has 0 aliphatic carbocycles. The van der Waals surface area contributed by atoms with Gasteiger partial charge in [-0.25, -0.2) is 0 Å². The van der Waals surface area contributed by atoms with Crippen molar-refractivity contribution in [3.63, 3.8) is 0 Å². The predicted octanol–water partition coefficient (Wildman–Crippen LogP) is 5.72. The smallest absolute Gasteiger partial charge is 0.344 e. The Labute approximate surface area is 175 Å². The second-order valence-electron chi connectivity index (χ2n) is 8.73. The molecule has 6 heteroatoms. The fourth-order valence-electron chi connectivity index (χ4n) is 4.50. The lowest BCUT2D eigenvalue weighted by atomic mass is 9.98. The zero-order valence-corrected chi connectivity index (χ0v) is 18.0. The van der Waals surface area contributed by atoms with Crippen molar-refractivity contribution < 1.29 is 13.2 Å². The van der Waals surface area contributed by atoms with Gasteiger partial charge in [0.05, 0.1) is 5.56 Å². The number of fused-ring (bicyclic) bond motifs is 3. The average molecular weight is 416 g/mol. The molecule has 0 N–H and O–H groups in total. The molecule has 0 spiro atoms. The maximum Gasteiger partial charge on any atom is 0.416 e. The molecule has 1 aromatic carbocycles. The lowest BCUT2D eigenvalue weighted by Crippen LogP contribution is -2.27. The highest BCUT2D eigenvalue weighted by atomic mass is 19.4. The fraction of sp³-hybridized carbons (Fsp3) is 0.458. The van der Waals surface area contributed by atoms with Crippen molar-refractivity contribution in [3.05, 3.63) is 64.1 Å². The molecule has 3 heterocycles. The van der Waals surface area contributed by atoms with E-state index in [1.165, 1.54) is 28.4 Å². The number of aromatic nitrogens is 2. The summed E-state index contributed by atoms with van der Waals surface area (Å²) in [5.74, 6) is 0.433. The third-order valence-corrected chi connectivity index (χ3v) is 6.17. The molecular weight excluding hydrogens is 387 g/mol. The summed E-state index contributed by atoms with van der Waals surface area (Å²) >= 11 is 0. The van der Waals surface area contributed by atoms with E-state index in [0.717, 1.165) is 31.1 Å². The van der Waals surface area contributed by atoms with Crippen LogP contribution in [0.5, 0.6) is 0 Å². The zero-order chi connectivity index (χ0) is 21.6. The van der Waals surface area contributed by atoms with Crippen LogP contribution in [0.25, 0.3) is 10.9 Å². The number of aryl methyl sites for hydroxylation is 3. The van der Waals surface area contributed by atoms with E-state index in [2.05, 4.69) is 53.5 Å². The fourth-order valence-corrected chi connectivity index (χ4v) is 4.50. The van der Waals surface area contributed by atoms with E-state index in [1.807, 2.05) is 0 Å².